The van der Waals surface area contributed by atoms with Crippen molar-refractivity contribution in [2.45, 2.75) is 25.1 Å². The normalized spacial score (nSPS) is 15.0. The highest BCUT2D eigenvalue weighted by molar-refractivity contribution is 5.91. The zero-order valence-electron chi connectivity index (χ0n) is 12.2. The number of halogens is 3. The van der Waals surface area contributed by atoms with Crippen LogP contribution >= 0.6 is 0 Å². The highest BCUT2D eigenvalue weighted by Crippen LogP contribution is 2.40. The molecule has 1 aliphatic carbocycles. The molecule has 3 aromatic heterocycles. The molecule has 0 unspecified atom stereocenters. The predicted octanol–water partition coefficient (Wildman–Crippen LogP) is 2.95. The van der Waals surface area contributed by atoms with Crippen LogP contribution in [0.3, 0.4) is 0 Å². The van der Waals surface area contributed by atoms with Crippen molar-refractivity contribution in [1.29, 1.82) is 0 Å². The summed E-state index contributed by atoms with van der Waals surface area (Å²) in [4.78, 5) is 11.4. The van der Waals surface area contributed by atoms with Crippen LogP contribution in [0.25, 0.3) is 11.0 Å². The molecule has 2 N–H and O–H groups in total. The first-order valence-electron chi connectivity index (χ1n) is 7.13. The second-order valence-electron chi connectivity index (χ2n) is 5.42. The lowest BCUT2D eigenvalue weighted by Gasteiger charge is -2.07. The summed E-state index contributed by atoms with van der Waals surface area (Å²) >= 11 is 0. The van der Waals surface area contributed by atoms with Gasteiger partial charge in [0.15, 0.2) is 5.65 Å². The maximum absolute atomic E-state index is 12.8. The minimum absolute atomic E-state index is 0.0390. The molecule has 0 bridgehead atoms. The summed E-state index contributed by atoms with van der Waals surface area (Å²) in [5.41, 5.74) is 5.33. The van der Waals surface area contributed by atoms with Gasteiger partial charge in [0.1, 0.15) is 29.0 Å². The average Bonchev–Trinajstić information content (AvgIpc) is 3.30. The Morgan fingerprint density at radius 2 is 2.00 bits per heavy atom. The molecule has 1 saturated carbocycles. The number of anilines is 1. The van der Waals surface area contributed by atoms with E-state index in [-0.39, 0.29) is 23.5 Å². The molecule has 0 aliphatic heterocycles. The van der Waals surface area contributed by atoms with E-state index in [1.165, 1.54) is 12.4 Å². The maximum Gasteiger partial charge on any atom is 0.433 e. The highest BCUT2D eigenvalue weighted by Gasteiger charge is 2.33. The Morgan fingerprint density at radius 3 is 2.71 bits per heavy atom. The molecule has 1 aliphatic rings. The van der Waals surface area contributed by atoms with Gasteiger partial charge in [-0.2, -0.15) is 13.2 Å². The first kappa shape index (κ1) is 14.7. The van der Waals surface area contributed by atoms with Crippen molar-refractivity contribution >= 4 is 16.9 Å². The Labute approximate surface area is 133 Å². The lowest BCUT2D eigenvalue weighted by molar-refractivity contribution is -0.141. The Hall–Kier alpha value is -2.91. The standard InChI is InChI=1S/C14H11F3N6O/c15-14(16,17)9-5-8(3-4-19-9)24-13-10-11(18)20-6-21-12(10)23(22-13)7-1-2-7/h3-7H,1-2H2,(H2,18,20,21). The van der Waals surface area contributed by atoms with Gasteiger partial charge in [0.05, 0.1) is 6.04 Å². The molecule has 1 fully saturated rings. The number of hydrogen-bond acceptors (Lipinski definition) is 6. The lowest BCUT2D eigenvalue weighted by atomic mass is 10.3. The third-order valence-corrected chi connectivity index (χ3v) is 3.62. The van der Waals surface area contributed by atoms with Crippen LogP contribution in [0.4, 0.5) is 19.0 Å². The molecule has 124 valence electrons. The van der Waals surface area contributed by atoms with Gasteiger partial charge >= 0.3 is 6.18 Å². The fourth-order valence-electron chi connectivity index (χ4n) is 2.35. The summed E-state index contributed by atoms with van der Waals surface area (Å²) in [6.07, 6.45) is -0.313. The topological polar surface area (TPSA) is 91.7 Å². The molecule has 10 heteroatoms. The van der Waals surface area contributed by atoms with Crippen LogP contribution in [0, 0.1) is 0 Å². The largest absolute Gasteiger partial charge is 0.437 e. The Bertz CT molecular complexity index is 919. The predicted molar refractivity (Wildman–Crippen MR) is 77.3 cm³/mol. The zero-order chi connectivity index (χ0) is 16.9. The number of hydrogen-bond donors (Lipinski definition) is 1. The van der Waals surface area contributed by atoms with Gasteiger partial charge in [0.25, 0.3) is 5.88 Å². The van der Waals surface area contributed by atoms with Crippen LogP contribution in [0.15, 0.2) is 24.7 Å². The summed E-state index contributed by atoms with van der Waals surface area (Å²) in [7, 11) is 0. The van der Waals surface area contributed by atoms with Gasteiger partial charge in [-0.1, -0.05) is 0 Å². The number of alkyl halides is 3. The van der Waals surface area contributed by atoms with E-state index in [2.05, 4.69) is 20.1 Å². The summed E-state index contributed by atoms with van der Waals surface area (Å²) in [5, 5.41) is 4.69. The van der Waals surface area contributed by atoms with Crippen LogP contribution in [0.2, 0.25) is 0 Å². The third-order valence-electron chi connectivity index (χ3n) is 3.62. The summed E-state index contributed by atoms with van der Waals surface area (Å²) < 4.78 is 45.5. The smallest absolute Gasteiger partial charge is 0.433 e. The summed E-state index contributed by atoms with van der Waals surface area (Å²) in [5.74, 6) is 0.198. The van der Waals surface area contributed by atoms with E-state index in [1.54, 1.807) is 4.68 Å². The first-order chi connectivity index (χ1) is 11.4. The quantitative estimate of drug-likeness (QED) is 0.790. The minimum atomic E-state index is -4.56. The molecular formula is C14H11F3N6O. The van der Waals surface area contributed by atoms with Gasteiger partial charge in [0, 0.05) is 12.3 Å². The second-order valence-corrected chi connectivity index (χ2v) is 5.42. The number of nitrogens with zero attached hydrogens (tertiary/aromatic N) is 5. The van der Waals surface area contributed by atoms with Crippen LogP contribution in [0.1, 0.15) is 24.6 Å². The molecule has 0 radical (unpaired) electrons. The first-order valence-corrected chi connectivity index (χ1v) is 7.13. The number of nitrogens with two attached hydrogens (primary N) is 1. The van der Waals surface area contributed by atoms with Gasteiger partial charge in [0.2, 0.25) is 0 Å². The summed E-state index contributed by atoms with van der Waals surface area (Å²) in [6.45, 7) is 0. The fraction of sp³-hybridized carbons (Fsp3) is 0.286. The second kappa shape index (κ2) is 5.05. The SMILES string of the molecule is Nc1ncnc2c1c(Oc1ccnc(C(F)(F)F)c1)nn2C1CC1. The zero-order valence-corrected chi connectivity index (χ0v) is 12.2. The van der Waals surface area contributed by atoms with Crippen molar-refractivity contribution in [3.8, 4) is 11.6 Å². The number of nitrogen functional groups attached to an aromatic ring is 1. The Morgan fingerprint density at radius 1 is 1.21 bits per heavy atom. The number of aromatic nitrogens is 5. The van der Waals surface area contributed by atoms with E-state index in [4.69, 9.17) is 10.5 Å². The molecule has 0 saturated heterocycles. The van der Waals surface area contributed by atoms with E-state index in [1.807, 2.05) is 0 Å². The van der Waals surface area contributed by atoms with Crippen LogP contribution in [-0.2, 0) is 6.18 Å². The van der Waals surface area contributed by atoms with E-state index in [0.717, 1.165) is 25.1 Å². The molecule has 3 aromatic rings. The molecule has 3 heterocycles. The third kappa shape index (κ3) is 2.49. The molecular weight excluding hydrogens is 325 g/mol. The number of pyridine rings is 1. The Kier molecular flexibility index (Phi) is 3.08. The average molecular weight is 336 g/mol. The van der Waals surface area contributed by atoms with Gasteiger partial charge in [-0.3, -0.25) is 4.98 Å². The highest BCUT2D eigenvalue weighted by atomic mass is 19.4. The molecule has 0 atom stereocenters. The van der Waals surface area contributed by atoms with Crippen molar-refractivity contribution in [2.75, 3.05) is 5.73 Å². The van der Waals surface area contributed by atoms with Crippen molar-refractivity contribution in [3.05, 3.63) is 30.4 Å². The molecule has 24 heavy (non-hydrogen) atoms. The molecule has 7 nitrogen and oxygen atoms in total. The van der Waals surface area contributed by atoms with Crippen molar-refractivity contribution in [1.82, 2.24) is 24.7 Å². The Balaban J connectivity index is 1.78. The number of ether oxygens (including phenoxy) is 1. The van der Waals surface area contributed by atoms with E-state index in [0.29, 0.717) is 11.0 Å². The van der Waals surface area contributed by atoms with Gasteiger partial charge in [-0.05, 0) is 18.9 Å². The molecule has 4 rings (SSSR count). The van der Waals surface area contributed by atoms with Gasteiger partial charge in [-0.15, -0.1) is 5.10 Å². The van der Waals surface area contributed by atoms with Crippen LogP contribution < -0.4 is 10.5 Å². The fourth-order valence-corrected chi connectivity index (χ4v) is 2.35. The molecule has 0 aromatic carbocycles. The van der Waals surface area contributed by atoms with Crippen LogP contribution in [0.5, 0.6) is 11.6 Å². The van der Waals surface area contributed by atoms with Crippen LogP contribution in [-0.4, -0.2) is 24.7 Å². The minimum Gasteiger partial charge on any atom is -0.437 e. The van der Waals surface area contributed by atoms with E-state index < -0.39 is 11.9 Å². The van der Waals surface area contributed by atoms with Crippen molar-refractivity contribution in [2.24, 2.45) is 0 Å². The lowest BCUT2D eigenvalue weighted by Crippen LogP contribution is -2.07. The number of fused-ring (bicyclic) bond motifs is 1. The van der Waals surface area contributed by atoms with E-state index >= 15 is 0 Å². The summed E-state index contributed by atoms with van der Waals surface area (Å²) in [6, 6.07) is 2.32. The molecule has 0 spiro atoms. The molecule has 0 amide bonds. The maximum atomic E-state index is 12.8. The number of rotatable bonds is 3. The monoisotopic (exact) mass is 336 g/mol. The van der Waals surface area contributed by atoms with Gasteiger partial charge in [-0.25, -0.2) is 14.6 Å². The van der Waals surface area contributed by atoms with E-state index in [9.17, 15) is 13.2 Å². The van der Waals surface area contributed by atoms with Gasteiger partial charge < -0.3 is 10.5 Å². The van der Waals surface area contributed by atoms with Crippen molar-refractivity contribution in [3.63, 3.8) is 0 Å². The van der Waals surface area contributed by atoms with Crippen molar-refractivity contribution < 1.29 is 17.9 Å².